The number of benzene rings is 1. The molecule has 0 atom stereocenters. The number of carboxylic acid groups (broad SMARTS) is 1. The SMILES string of the molecule is COCC(C)(C)NC(=O)N(C)Cc1ccc(C(=O)O)cc1. The summed E-state index contributed by atoms with van der Waals surface area (Å²) < 4.78 is 5.05. The number of carbonyl (C=O) groups excluding carboxylic acids is 1. The molecule has 1 rings (SSSR count). The molecule has 0 aliphatic heterocycles. The predicted octanol–water partition coefficient (Wildman–Crippen LogP) is 1.95. The molecule has 0 heterocycles. The molecular formula is C15H22N2O4. The summed E-state index contributed by atoms with van der Waals surface area (Å²) in [6.07, 6.45) is 0. The highest BCUT2D eigenvalue weighted by Gasteiger charge is 2.22. The second kappa shape index (κ2) is 7.08. The Balaban J connectivity index is 2.61. The van der Waals surface area contributed by atoms with Crippen LogP contribution in [0.25, 0.3) is 0 Å². The Hall–Kier alpha value is -2.08. The van der Waals surface area contributed by atoms with Crippen molar-refractivity contribution < 1.29 is 19.4 Å². The molecule has 0 aliphatic carbocycles. The van der Waals surface area contributed by atoms with Gasteiger partial charge in [-0.2, -0.15) is 0 Å². The van der Waals surface area contributed by atoms with Crippen molar-refractivity contribution in [2.45, 2.75) is 25.9 Å². The molecule has 1 aromatic carbocycles. The first kappa shape index (κ1) is 17.0. The third-order valence-corrected chi connectivity index (χ3v) is 2.92. The Morgan fingerprint density at radius 2 is 1.86 bits per heavy atom. The van der Waals surface area contributed by atoms with Crippen LogP contribution in [0, 0.1) is 0 Å². The third-order valence-electron chi connectivity index (χ3n) is 2.92. The fraction of sp³-hybridized carbons (Fsp3) is 0.467. The monoisotopic (exact) mass is 294 g/mol. The molecule has 0 saturated carbocycles. The van der Waals surface area contributed by atoms with Crippen LogP contribution >= 0.6 is 0 Å². The van der Waals surface area contributed by atoms with Gasteiger partial charge in [-0.15, -0.1) is 0 Å². The van der Waals surface area contributed by atoms with Crippen molar-refractivity contribution in [1.29, 1.82) is 0 Å². The molecule has 0 bridgehead atoms. The van der Waals surface area contributed by atoms with Gasteiger partial charge in [0.1, 0.15) is 0 Å². The standard InChI is InChI=1S/C15H22N2O4/c1-15(2,10-21-4)16-14(20)17(3)9-11-5-7-12(8-6-11)13(18)19/h5-8H,9-10H2,1-4H3,(H,16,20)(H,18,19). The van der Waals surface area contributed by atoms with Crippen LogP contribution in [-0.2, 0) is 11.3 Å². The minimum Gasteiger partial charge on any atom is -0.478 e. The zero-order valence-electron chi connectivity index (χ0n) is 12.8. The molecule has 0 fully saturated rings. The van der Waals surface area contributed by atoms with Gasteiger partial charge in [0.2, 0.25) is 0 Å². The number of carboxylic acids is 1. The van der Waals surface area contributed by atoms with Crippen LogP contribution in [0.5, 0.6) is 0 Å². The summed E-state index contributed by atoms with van der Waals surface area (Å²) in [5, 5.41) is 11.7. The van der Waals surface area contributed by atoms with Crippen LogP contribution in [0.3, 0.4) is 0 Å². The normalized spacial score (nSPS) is 11.0. The van der Waals surface area contributed by atoms with E-state index >= 15 is 0 Å². The van der Waals surface area contributed by atoms with E-state index in [1.807, 2.05) is 13.8 Å². The van der Waals surface area contributed by atoms with E-state index in [1.54, 1.807) is 26.3 Å². The maximum atomic E-state index is 12.1. The zero-order chi connectivity index (χ0) is 16.0. The second-order valence-electron chi connectivity index (χ2n) is 5.61. The topological polar surface area (TPSA) is 78.9 Å². The van der Waals surface area contributed by atoms with Gasteiger partial charge in [-0.25, -0.2) is 9.59 Å². The maximum Gasteiger partial charge on any atom is 0.335 e. The molecule has 21 heavy (non-hydrogen) atoms. The number of amides is 2. The van der Waals surface area contributed by atoms with E-state index < -0.39 is 11.5 Å². The number of hydrogen-bond acceptors (Lipinski definition) is 3. The molecule has 2 N–H and O–H groups in total. The Bertz CT molecular complexity index is 497. The summed E-state index contributed by atoms with van der Waals surface area (Å²) in [4.78, 5) is 24.4. The highest BCUT2D eigenvalue weighted by molar-refractivity contribution is 5.87. The molecule has 6 nitrogen and oxygen atoms in total. The van der Waals surface area contributed by atoms with Crippen LogP contribution in [0.15, 0.2) is 24.3 Å². The number of urea groups is 1. The van der Waals surface area contributed by atoms with Gasteiger partial charge in [0.05, 0.1) is 17.7 Å². The van der Waals surface area contributed by atoms with Gasteiger partial charge < -0.3 is 20.1 Å². The van der Waals surface area contributed by atoms with Crippen LogP contribution in [-0.4, -0.2) is 48.3 Å². The lowest BCUT2D eigenvalue weighted by atomic mass is 10.1. The van der Waals surface area contributed by atoms with Gasteiger partial charge in [-0.3, -0.25) is 0 Å². The number of methoxy groups -OCH3 is 1. The average molecular weight is 294 g/mol. The summed E-state index contributed by atoms with van der Waals surface area (Å²) in [6, 6.07) is 6.25. The molecule has 1 aromatic rings. The number of hydrogen-bond donors (Lipinski definition) is 2. The summed E-state index contributed by atoms with van der Waals surface area (Å²) in [6.45, 7) is 4.57. The highest BCUT2D eigenvalue weighted by Crippen LogP contribution is 2.08. The van der Waals surface area contributed by atoms with Crippen molar-refractivity contribution in [2.75, 3.05) is 20.8 Å². The lowest BCUT2D eigenvalue weighted by molar-refractivity contribution is 0.0696. The number of nitrogens with one attached hydrogen (secondary N) is 1. The van der Waals surface area contributed by atoms with Crippen molar-refractivity contribution >= 4 is 12.0 Å². The molecule has 2 amide bonds. The van der Waals surface area contributed by atoms with Crippen molar-refractivity contribution in [3.8, 4) is 0 Å². The van der Waals surface area contributed by atoms with Gasteiger partial charge in [0.15, 0.2) is 0 Å². The van der Waals surface area contributed by atoms with Gasteiger partial charge in [-0.05, 0) is 31.5 Å². The molecule has 0 spiro atoms. The molecular weight excluding hydrogens is 272 g/mol. The largest absolute Gasteiger partial charge is 0.478 e. The minimum atomic E-state index is -0.964. The average Bonchev–Trinajstić information content (AvgIpc) is 2.38. The third kappa shape index (κ3) is 5.43. The molecule has 0 radical (unpaired) electrons. The van der Waals surface area contributed by atoms with Crippen LogP contribution in [0.4, 0.5) is 4.79 Å². The maximum absolute atomic E-state index is 12.1. The van der Waals surface area contributed by atoms with Gasteiger partial charge in [0, 0.05) is 20.7 Å². The van der Waals surface area contributed by atoms with E-state index in [2.05, 4.69) is 5.32 Å². The van der Waals surface area contributed by atoms with E-state index in [9.17, 15) is 9.59 Å². The lowest BCUT2D eigenvalue weighted by Crippen LogP contribution is -2.51. The van der Waals surface area contributed by atoms with E-state index in [0.717, 1.165) is 5.56 Å². The van der Waals surface area contributed by atoms with E-state index in [4.69, 9.17) is 9.84 Å². The summed E-state index contributed by atoms with van der Waals surface area (Å²) >= 11 is 0. The van der Waals surface area contributed by atoms with E-state index in [-0.39, 0.29) is 11.6 Å². The molecule has 116 valence electrons. The van der Waals surface area contributed by atoms with Crippen LogP contribution in [0.1, 0.15) is 29.8 Å². The Morgan fingerprint density at radius 3 is 2.33 bits per heavy atom. The van der Waals surface area contributed by atoms with Gasteiger partial charge in [-0.1, -0.05) is 12.1 Å². The first-order chi connectivity index (χ1) is 9.75. The zero-order valence-corrected chi connectivity index (χ0v) is 12.8. The number of carbonyl (C=O) groups is 2. The lowest BCUT2D eigenvalue weighted by Gasteiger charge is -2.28. The number of ether oxygens (including phenoxy) is 1. The molecule has 0 aromatic heterocycles. The second-order valence-corrected chi connectivity index (χ2v) is 5.61. The predicted molar refractivity (Wildman–Crippen MR) is 79.4 cm³/mol. The minimum absolute atomic E-state index is 0.209. The first-order valence-corrected chi connectivity index (χ1v) is 6.59. The van der Waals surface area contributed by atoms with Crippen molar-refractivity contribution in [1.82, 2.24) is 10.2 Å². The van der Waals surface area contributed by atoms with Crippen LogP contribution in [0.2, 0.25) is 0 Å². The first-order valence-electron chi connectivity index (χ1n) is 6.59. The van der Waals surface area contributed by atoms with Gasteiger partial charge >= 0.3 is 12.0 Å². The fourth-order valence-corrected chi connectivity index (χ4v) is 1.88. The van der Waals surface area contributed by atoms with Crippen molar-refractivity contribution in [3.05, 3.63) is 35.4 Å². The van der Waals surface area contributed by atoms with E-state index in [1.165, 1.54) is 17.0 Å². The Morgan fingerprint density at radius 1 is 1.29 bits per heavy atom. The Kier molecular flexibility index (Phi) is 5.72. The van der Waals surface area contributed by atoms with Crippen LogP contribution < -0.4 is 5.32 Å². The highest BCUT2D eigenvalue weighted by atomic mass is 16.5. The molecule has 0 unspecified atom stereocenters. The summed E-state index contributed by atoms with van der Waals surface area (Å²) in [5.41, 5.74) is 0.641. The summed E-state index contributed by atoms with van der Waals surface area (Å²) in [5.74, 6) is -0.964. The fourth-order valence-electron chi connectivity index (χ4n) is 1.88. The smallest absolute Gasteiger partial charge is 0.335 e. The number of nitrogens with zero attached hydrogens (tertiary/aromatic N) is 1. The molecule has 0 aliphatic rings. The van der Waals surface area contributed by atoms with E-state index in [0.29, 0.717) is 13.2 Å². The number of rotatable bonds is 6. The Labute approximate surface area is 124 Å². The molecule has 6 heteroatoms. The molecule has 0 saturated heterocycles. The number of aromatic carboxylic acids is 1. The quantitative estimate of drug-likeness (QED) is 0.840. The van der Waals surface area contributed by atoms with Crippen molar-refractivity contribution in [2.24, 2.45) is 0 Å². The van der Waals surface area contributed by atoms with Crippen molar-refractivity contribution in [3.63, 3.8) is 0 Å². The summed E-state index contributed by atoms with van der Waals surface area (Å²) in [7, 11) is 3.27. The van der Waals surface area contributed by atoms with Gasteiger partial charge in [0.25, 0.3) is 0 Å².